The van der Waals surface area contributed by atoms with E-state index in [4.69, 9.17) is 19.3 Å². The molecular formula is C29H41N5O5. The molecule has 0 bridgehead atoms. The van der Waals surface area contributed by atoms with Crippen LogP contribution in [0.25, 0.3) is 10.9 Å². The lowest BCUT2D eigenvalue weighted by Gasteiger charge is -2.38. The second kappa shape index (κ2) is 14.2. The van der Waals surface area contributed by atoms with Crippen LogP contribution in [0.4, 0.5) is 11.5 Å². The largest absolute Gasteiger partial charge is 0.491 e. The molecule has 1 aliphatic heterocycles. The monoisotopic (exact) mass is 539 g/mol. The number of hydrogen-bond acceptors (Lipinski definition) is 8. The molecule has 1 saturated heterocycles. The lowest BCUT2D eigenvalue weighted by Crippen LogP contribution is -2.46. The van der Waals surface area contributed by atoms with Gasteiger partial charge in [-0.3, -0.25) is 4.79 Å². The van der Waals surface area contributed by atoms with E-state index < -0.39 is 0 Å². The summed E-state index contributed by atoms with van der Waals surface area (Å²) < 4.78 is 16.4. The molecular weight excluding hydrogens is 498 g/mol. The number of carbonyl (C=O) groups excluding carboxylic acids is 1. The number of likely N-dealkylation sites (tertiary alicyclic amines) is 1. The van der Waals surface area contributed by atoms with Crippen molar-refractivity contribution in [1.29, 1.82) is 0 Å². The quantitative estimate of drug-likeness (QED) is 0.267. The van der Waals surface area contributed by atoms with Crippen LogP contribution in [-0.4, -0.2) is 97.7 Å². The highest BCUT2D eigenvalue weighted by Crippen LogP contribution is 2.29. The van der Waals surface area contributed by atoms with Crippen LogP contribution in [0.3, 0.4) is 0 Å². The Hall–Kier alpha value is -3.34. The summed E-state index contributed by atoms with van der Waals surface area (Å²) in [4.78, 5) is 25.5. The van der Waals surface area contributed by atoms with Crippen LogP contribution in [-0.2, 0) is 9.47 Å². The van der Waals surface area contributed by atoms with Gasteiger partial charge in [-0.2, -0.15) is 0 Å². The van der Waals surface area contributed by atoms with Gasteiger partial charge in [-0.1, -0.05) is 0 Å². The van der Waals surface area contributed by atoms with Gasteiger partial charge >= 0.3 is 0 Å². The number of benzene rings is 1. The number of amides is 1. The molecule has 0 spiro atoms. The summed E-state index contributed by atoms with van der Waals surface area (Å²) in [7, 11) is 2.09. The molecule has 1 aliphatic rings. The van der Waals surface area contributed by atoms with Gasteiger partial charge in [-0.15, -0.1) is 0 Å². The number of H-pyrrole nitrogens is 1. The summed E-state index contributed by atoms with van der Waals surface area (Å²) in [5, 5.41) is 13.1. The first-order chi connectivity index (χ1) is 19.0. The van der Waals surface area contributed by atoms with E-state index in [2.05, 4.69) is 47.1 Å². The van der Waals surface area contributed by atoms with Crippen LogP contribution in [0.5, 0.6) is 5.75 Å². The van der Waals surface area contributed by atoms with Gasteiger partial charge in [-0.05, 0) is 51.0 Å². The molecule has 39 heavy (non-hydrogen) atoms. The fraction of sp³-hybridized carbons (Fsp3) is 0.517. The molecule has 2 aromatic heterocycles. The van der Waals surface area contributed by atoms with Gasteiger partial charge in [0.2, 0.25) is 0 Å². The van der Waals surface area contributed by atoms with Crippen LogP contribution in [0.1, 0.15) is 37.0 Å². The number of aromatic amines is 1. The third-order valence-electron chi connectivity index (χ3n) is 6.85. The number of ether oxygens (including phenoxy) is 3. The van der Waals surface area contributed by atoms with E-state index in [0.717, 1.165) is 35.2 Å². The van der Waals surface area contributed by atoms with Crippen LogP contribution >= 0.6 is 0 Å². The molecule has 10 heteroatoms. The van der Waals surface area contributed by atoms with E-state index >= 15 is 0 Å². The maximum absolute atomic E-state index is 13.4. The first-order valence-corrected chi connectivity index (χ1v) is 13.7. The minimum absolute atomic E-state index is 0.0118. The third-order valence-corrected chi connectivity index (χ3v) is 6.85. The van der Waals surface area contributed by atoms with Crippen molar-refractivity contribution in [3.8, 4) is 5.75 Å². The van der Waals surface area contributed by atoms with E-state index in [1.54, 1.807) is 6.20 Å². The van der Waals surface area contributed by atoms with Crippen molar-refractivity contribution in [3.63, 3.8) is 0 Å². The molecule has 0 radical (unpaired) electrons. The number of nitrogens with zero attached hydrogens (tertiary/aromatic N) is 3. The summed E-state index contributed by atoms with van der Waals surface area (Å²) >= 11 is 0. The van der Waals surface area contributed by atoms with Crippen molar-refractivity contribution in [2.75, 3.05) is 70.0 Å². The number of pyridine rings is 1. The van der Waals surface area contributed by atoms with E-state index in [1.165, 1.54) is 0 Å². The molecule has 0 unspecified atom stereocenters. The van der Waals surface area contributed by atoms with E-state index in [0.29, 0.717) is 69.5 Å². The zero-order chi connectivity index (χ0) is 27.6. The summed E-state index contributed by atoms with van der Waals surface area (Å²) in [5.74, 6) is 1.71. The molecule has 3 aromatic rings. The first kappa shape index (κ1) is 28.7. The zero-order valence-electron chi connectivity index (χ0n) is 23.2. The molecule has 3 heterocycles. The lowest BCUT2D eigenvalue weighted by atomic mass is 10.0. The summed E-state index contributed by atoms with van der Waals surface area (Å²) in [6.07, 6.45) is 5.39. The van der Waals surface area contributed by atoms with Crippen LogP contribution in [0.15, 0.2) is 42.7 Å². The average molecular weight is 540 g/mol. The smallest absolute Gasteiger partial charge is 0.256 e. The molecule has 4 rings (SSSR count). The summed E-state index contributed by atoms with van der Waals surface area (Å²) in [6, 6.07) is 10.4. The Morgan fingerprint density at radius 3 is 2.64 bits per heavy atom. The van der Waals surface area contributed by atoms with Crippen molar-refractivity contribution >= 4 is 28.3 Å². The number of anilines is 2. The van der Waals surface area contributed by atoms with Crippen molar-refractivity contribution in [2.24, 2.45) is 0 Å². The number of hydrogen-bond donors (Lipinski definition) is 3. The number of rotatable bonds is 14. The number of piperidine rings is 1. The van der Waals surface area contributed by atoms with Crippen LogP contribution in [0.2, 0.25) is 0 Å². The number of carbonyl (C=O) groups is 1. The molecule has 1 fully saturated rings. The fourth-order valence-electron chi connectivity index (χ4n) is 4.88. The van der Waals surface area contributed by atoms with Gasteiger partial charge < -0.3 is 39.4 Å². The molecule has 1 amide bonds. The Morgan fingerprint density at radius 2 is 1.90 bits per heavy atom. The second-order valence-electron chi connectivity index (χ2n) is 10.0. The maximum atomic E-state index is 13.4. The second-order valence-corrected chi connectivity index (χ2v) is 10.0. The highest BCUT2D eigenvalue weighted by molar-refractivity contribution is 6.07. The van der Waals surface area contributed by atoms with Gasteiger partial charge in [0.15, 0.2) is 5.82 Å². The highest BCUT2D eigenvalue weighted by Gasteiger charge is 2.28. The van der Waals surface area contributed by atoms with Crippen molar-refractivity contribution < 1.29 is 24.1 Å². The average Bonchev–Trinajstić information content (AvgIpc) is 3.37. The molecule has 3 N–H and O–H groups in total. The van der Waals surface area contributed by atoms with Gasteiger partial charge in [0, 0.05) is 61.6 Å². The Labute approximate surface area is 230 Å². The van der Waals surface area contributed by atoms with Crippen molar-refractivity contribution in [1.82, 2.24) is 14.9 Å². The number of aromatic nitrogens is 2. The molecule has 0 aliphatic carbocycles. The van der Waals surface area contributed by atoms with Crippen molar-refractivity contribution in [2.45, 2.75) is 38.8 Å². The number of aliphatic hydroxyl groups excluding tert-OH is 1. The predicted molar refractivity (Wildman–Crippen MR) is 153 cm³/mol. The number of aliphatic hydroxyl groups is 1. The summed E-state index contributed by atoms with van der Waals surface area (Å²) in [6.45, 7) is 7.73. The van der Waals surface area contributed by atoms with E-state index in [9.17, 15) is 4.79 Å². The van der Waals surface area contributed by atoms with Gasteiger partial charge in [0.25, 0.3) is 5.91 Å². The predicted octanol–water partition coefficient (Wildman–Crippen LogP) is 3.53. The highest BCUT2D eigenvalue weighted by atomic mass is 16.5. The lowest BCUT2D eigenvalue weighted by molar-refractivity contribution is 0.0247. The molecule has 10 nitrogen and oxygen atoms in total. The summed E-state index contributed by atoms with van der Waals surface area (Å²) in [5.41, 5.74) is 2.58. The zero-order valence-corrected chi connectivity index (χ0v) is 23.2. The van der Waals surface area contributed by atoms with Crippen molar-refractivity contribution in [3.05, 3.63) is 48.3 Å². The minimum atomic E-state index is 0.0118. The normalized spacial score (nSPS) is 14.2. The fourth-order valence-corrected chi connectivity index (χ4v) is 4.88. The maximum Gasteiger partial charge on any atom is 0.256 e. The molecule has 0 saturated carbocycles. The molecule has 0 atom stereocenters. The number of nitrogens with one attached hydrogen (secondary N) is 2. The van der Waals surface area contributed by atoms with Gasteiger partial charge in [-0.25, -0.2) is 4.98 Å². The Morgan fingerprint density at radius 1 is 1.15 bits per heavy atom. The molecule has 212 valence electrons. The van der Waals surface area contributed by atoms with Crippen LogP contribution < -0.4 is 15.0 Å². The minimum Gasteiger partial charge on any atom is -0.491 e. The van der Waals surface area contributed by atoms with Gasteiger partial charge in [0.1, 0.15) is 12.4 Å². The van der Waals surface area contributed by atoms with E-state index in [1.807, 2.05) is 35.4 Å². The van der Waals surface area contributed by atoms with Crippen LogP contribution in [0, 0.1) is 0 Å². The SMILES string of the molecule is CC(C)Nc1cccnc1N(C)C1CCN(C(=O)c2c[nH]c3cc(OCCOCCOCCO)ccc23)CC1. The first-order valence-electron chi connectivity index (χ1n) is 13.7. The number of fused-ring (bicyclic) bond motifs is 1. The van der Waals surface area contributed by atoms with Gasteiger partial charge in [0.05, 0.1) is 44.3 Å². The standard InChI is InChI=1S/C29H41N5O5/c1-21(2)32-26-5-4-10-30-28(26)33(3)22-8-11-34(12-9-22)29(36)25-20-31-27-19-23(6-7-24(25)27)39-18-17-38-16-15-37-14-13-35/h4-7,10,19-22,31-32,35H,8-9,11-18H2,1-3H3. The van der Waals surface area contributed by atoms with E-state index in [-0.39, 0.29) is 12.5 Å². The Bertz CT molecular complexity index is 1190. The third kappa shape index (κ3) is 7.62. The molecule has 1 aromatic carbocycles. The Kier molecular flexibility index (Phi) is 10.4. The Balaban J connectivity index is 1.28. The topological polar surface area (TPSA) is 112 Å².